The van der Waals surface area contributed by atoms with Crippen molar-refractivity contribution < 1.29 is 14.4 Å². The van der Waals surface area contributed by atoms with Crippen LogP contribution < -0.4 is 21.7 Å². The van der Waals surface area contributed by atoms with Crippen LogP contribution in [0, 0.1) is 11.3 Å². The lowest BCUT2D eigenvalue weighted by molar-refractivity contribution is -0.143. The van der Waals surface area contributed by atoms with Crippen LogP contribution in [0.4, 0.5) is 0 Å². The molecule has 158 valence electrons. The molecule has 0 unspecified atom stereocenters. The van der Waals surface area contributed by atoms with Gasteiger partial charge < -0.3 is 21.7 Å². The quantitative estimate of drug-likeness (QED) is 0.485. The van der Waals surface area contributed by atoms with E-state index < -0.39 is 23.3 Å². The summed E-state index contributed by atoms with van der Waals surface area (Å²) in [4.78, 5) is 38.0. The normalized spacial score (nSPS) is 20.0. The highest BCUT2D eigenvalue weighted by Gasteiger charge is 2.47. The monoisotopic (exact) mass is 400 g/mol. The number of carbonyl (C=O) groups is 3. The first-order valence-corrected chi connectivity index (χ1v) is 10.6. The summed E-state index contributed by atoms with van der Waals surface area (Å²) in [6.45, 7) is 2.53. The molecule has 7 nitrogen and oxygen atoms in total. The average Bonchev–Trinajstić information content (AvgIpc) is 3.24. The molecule has 3 rings (SSSR count). The molecule has 0 spiro atoms. The molecular weight excluding hydrogens is 368 g/mol. The Hall–Kier alpha value is -2.41. The van der Waals surface area contributed by atoms with Gasteiger partial charge in [-0.1, -0.05) is 43.2 Å². The van der Waals surface area contributed by atoms with Crippen LogP contribution in [0.3, 0.4) is 0 Å². The zero-order valence-corrected chi connectivity index (χ0v) is 16.9. The van der Waals surface area contributed by atoms with Crippen molar-refractivity contribution in [3.05, 3.63) is 35.9 Å². The minimum absolute atomic E-state index is 0.210. The van der Waals surface area contributed by atoms with Crippen LogP contribution in [-0.2, 0) is 20.8 Å². The van der Waals surface area contributed by atoms with E-state index in [0.717, 1.165) is 44.3 Å². The molecule has 0 aromatic heterocycles. The minimum Gasteiger partial charge on any atom is -0.369 e. The number of rotatable bonds is 8. The predicted molar refractivity (Wildman–Crippen MR) is 111 cm³/mol. The van der Waals surface area contributed by atoms with Gasteiger partial charge in [0.15, 0.2) is 0 Å². The number of benzene rings is 1. The molecule has 7 heteroatoms. The van der Waals surface area contributed by atoms with Crippen LogP contribution in [0.25, 0.3) is 0 Å². The Labute approximate surface area is 172 Å². The highest BCUT2D eigenvalue weighted by atomic mass is 16.2. The summed E-state index contributed by atoms with van der Waals surface area (Å²) in [6, 6.07) is 8.85. The molecule has 1 saturated carbocycles. The molecule has 1 aliphatic heterocycles. The Bertz CT molecular complexity index is 710. The fraction of sp³-hybridized carbons (Fsp3) is 0.591. The van der Waals surface area contributed by atoms with Crippen molar-refractivity contribution in [1.29, 1.82) is 0 Å². The van der Waals surface area contributed by atoms with E-state index in [2.05, 4.69) is 16.0 Å². The number of nitrogens with two attached hydrogens (primary N) is 1. The van der Waals surface area contributed by atoms with E-state index in [1.54, 1.807) is 0 Å². The van der Waals surface area contributed by atoms with E-state index in [1.807, 2.05) is 30.3 Å². The Morgan fingerprint density at radius 3 is 2.38 bits per heavy atom. The van der Waals surface area contributed by atoms with Crippen molar-refractivity contribution >= 4 is 17.7 Å². The topological polar surface area (TPSA) is 113 Å². The summed E-state index contributed by atoms with van der Waals surface area (Å²) in [5, 5.41) is 9.18. The Kier molecular flexibility index (Phi) is 7.25. The maximum absolute atomic E-state index is 13.0. The molecule has 1 aromatic rings. The summed E-state index contributed by atoms with van der Waals surface area (Å²) in [5.74, 6) is -0.778. The molecule has 2 fully saturated rings. The van der Waals surface area contributed by atoms with Crippen molar-refractivity contribution in [2.75, 3.05) is 19.6 Å². The number of hydrogen-bond acceptors (Lipinski definition) is 4. The Morgan fingerprint density at radius 1 is 1.10 bits per heavy atom. The molecular formula is C22H32N4O3. The van der Waals surface area contributed by atoms with Gasteiger partial charge in [0.25, 0.3) is 0 Å². The number of carbonyl (C=O) groups excluding carboxylic acids is 3. The summed E-state index contributed by atoms with van der Waals surface area (Å²) < 4.78 is 0. The molecule has 5 N–H and O–H groups in total. The Balaban J connectivity index is 1.69. The zero-order chi connectivity index (χ0) is 20.7. The molecule has 1 aliphatic carbocycles. The molecule has 3 amide bonds. The van der Waals surface area contributed by atoms with Gasteiger partial charge in [0.2, 0.25) is 17.7 Å². The zero-order valence-electron chi connectivity index (χ0n) is 16.9. The van der Waals surface area contributed by atoms with E-state index in [-0.39, 0.29) is 5.91 Å². The molecule has 1 atom stereocenters. The van der Waals surface area contributed by atoms with Gasteiger partial charge in [-0.25, -0.2) is 0 Å². The van der Waals surface area contributed by atoms with Gasteiger partial charge >= 0.3 is 0 Å². The largest absolute Gasteiger partial charge is 0.369 e. The van der Waals surface area contributed by atoms with Gasteiger partial charge in [-0.15, -0.1) is 0 Å². The molecule has 0 radical (unpaired) electrons. The molecule has 2 aliphatic rings. The van der Waals surface area contributed by atoms with Crippen molar-refractivity contribution in [1.82, 2.24) is 16.0 Å². The summed E-state index contributed by atoms with van der Waals surface area (Å²) in [7, 11) is 0. The first kappa shape index (κ1) is 21.3. The molecule has 1 heterocycles. The lowest BCUT2D eigenvalue weighted by atomic mass is 9.84. The van der Waals surface area contributed by atoms with Gasteiger partial charge in [0, 0.05) is 13.0 Å². The van der Waals surface area contributed by atoms with E-state index in [9.17, 15) is 14.4 Å². The van der Waals surface area contributed by atoms with Crippen LogP contribution in [-0.4, -0.2) is 43.4 Å². The van der Waals surface area contributed by atoms with Crippen molar-refractivity contribution in [3.8, 4) is 0 Å². The second-order valence-corrected chi connectivity index (χ2v) is 8.31. The smallest absolute Gasteiger partial charge is 0.242 e. The second kappa shape index (κ2) is 9.87. The van der Waals surface area contributed by atoms with Gasteiger partial charge in [0.05, 0.1) is 0 Å². The number of amides is 3. The fourth-order valence-corrected chi connectivity index (χ4v) is 4.37. The minimum atomic E-state index is -1.19. The third kappa shape index (κ3) is 5.35. The molecule has 0 bridgehead atoms. The van der Waals surface area contributed by atoms with E-state index >= 15 is 0 Å². The fourth-order valence-electron chi connectivity index (χ4n) is 4.37. The third-order valence-electron chi connectivity index (χ3n) is 6.29. The number of hydrogen-bond donors (Lipinski definition) is 4. The van der Waals surface area contributed by atoms with Gasteiger partial charge in [0.1, 0.15) is 11.5 Å². The highest BCUT2D eigenvalue weighted by molar-refractivity contribution is 6.05. The summed E-state index contributed by atoms with van der Waals surface area (Å²) in [6.07, 6.45) is 4.91. The molecule has 1 aromatic carbocycles. The van der Waals surface area contributed by atoms with Gasteiger partial charge in [-0.05, 0) is 50.3 Å². The predicted octanol–water partition coefficient (Wildman–Crippen LogP) is 0.875. The van der Waals surface area contributed by atoms with Gasteiger partial charge in [-0.3, -0.25) is 14.4 Å². The van der Waals surface area contributed by atoms with Crippen LogP contribution in [0.1, 0.15) is 44.1 Å². The number of primary amides is 1. The van der Waals surface area contributed by atoms with Crippen molar-refractivity contribution in [2.24, 2.45) is 17.1 Å². The highest BCUT2D eigenvalue weighted by Crippen LogP contribution is 2.38. The van der Waals surface area contributed by atoms with Crippen LogP contribution in [0.5, 0.6) is 0 Å². The SMILES string of the molecule is NC(=O)C1(C(=O)N[C@H](Cc2ccccc2)C(=O)NCC2CCNCC2)CCCC1. The van der Waals surface area contributed by atoms with E-state index in [0.29, 0.717) is 31.7 Å². The van der Waals surface area contributed by atoms with Crippen LogP contribution in [0.15, 0.2) is 30.3 Å². The lowest BCUT2D eigenvalue weighted by Crippen LogP contribution is -2.55. The van der Waals surface area contributed by atoms with Crippen LogP contribution in [0.2, 0.25) is 0 Å². The average molecular weight is 401 g/mol. The maximum Gasteiger partial charge on any atom is 0.242 e. The first-order valence-electron chi connectivity index (χ1n) is 10.6. The number of nitrogens with one attached hydrogen (secondary N) is 3. The Morgan fingerprint density at radius 2 is 1.76 bits per heavy atom. The molecule has 1 saturated heterocycles. The van der Waals surface area contributed by atoms with Crippen molar-refractivity contribution in [2.45, 2.75) is 51.0 Å². The van der Waals surface area contributed by atoms with Crippen LogP contribution >= 0.6 is 0 Å². The van der Waals surface area contributed by atoms with Gasteiger partial charge in [-0.2, -0.15) is 0 Å². The number of piperidine rings is 1. The van der Waals surface area contributed by atoms with Crippen molar-refractivity contribution in [3.63, 3.8) is 0 Å². The van der Waals surface area contributed by atoms with E-state index in [1.165, 1.54) is 0 Å². The second-order valence-electron chi connectivity index (χ2n) is 8.31. The summed E-state index contributed by atoms with van der Waals surface area (Å²) in [5.41, 5.74) is 5.35. The third-order valence-corrected chi connectivity index (χ3v) is 6.29. The van der Waals surface area contributed by atoms with E-state index in [4.69, 9.17) is 5.73 Å². The first-order chi connectivity index (χ1) is 14.0. The lowest BCUT2D eigenvalue weighted by Gasteiger charge is -2.28. The maximum atomic E-state index is 13.0. The standard InChI is InChI=1S/C22H32N4O3/c23-20(28)22(10-4-5-11-22)21(29)26-18(14-16-6-2-1-3-7-16)19(27)25-15-17-8-12-24-13-9-17/h1-3,6-7,17-18,24H,4-5,8-15H2,(H2,23,28)(H,25,27)(H,26,29)/t18-/m1/s1. The summed E-state index contributed by atoms with van der Waals surface area (Å²) >= 11 is 0. The molecule has 29 heavy (non-hydrogen) atoms.